The van der Waals surface area contributed by atoms with Crippen molar-refractivity contribution in [3.63, 3.8) is 0 Å². The molecule has 1 aliphatic rings. The van der Waals surface area contributed by atoms with E-state index in [1.807, 2.05) is 11.6 Å². The second-order valence-corrected chi connectivity index (χ2v) is 5.67. The van der Waals surface area contributed by atoms with Gasteiger partial charge in [0.05, 0.1) is 22.4 Å². The summed E-state index contributed by atoms with van der Waals surface area (Å²) in [6.45, 7) is 4.78. The molecule has 0 bridgehead atoms. The lowest BCUT2D eigenvalue weighted by atomic mass is 9.96. The standard InChI is InChI=1S/C13H16BrN3O/c1-8-13(14)9(2)17(15-8)7-11-10-5-3-4-6-12(10)18-16-11/h3-7H2,1-2H3. The average molecular weight is 310 g/mol. The minimum Gasteiger partial charge on any atom is -0.361 e. The van der Waals surface area contributed by atoms with Gasteiger partial charge in [-0.1, -0.05) is 5.16 Å². The number of fused-ring (bicyclic) bond motifs is 1. The number of aromatic nitrogens is 3. The molecule has 4 nitrogen and oxygen atoms in total. The van der Waals surface area contributed by atoms with Crippen LogP contribution in [0.25, 0.3) is 0 Å². The Morgan fingerprint density at radius 1 is 1.28 bits per heavy atom. The van der Waals surface area contributed by atoms with Crippen molar-refractivity contribution in [2.75, 3.05) is 0 Å². The maximum absolute atomic E-state index is 5.43. The SMILES string of the molecule is Cc1nn(Cc2noc3c2CCCC3)c(C)c1Br. The van der Waals surface area contributed by atoms with Crippen LogP contribution in [-0.4, -0.2) is 14.9 Å². The van der Waals surface area contributed by atoms with Crippen LogP contribution in [0.15, 0.2) is 9.00 Å². The lowest BCUT2D eigenvalue weighted by Gasteiger charge is -2.09. The molecule has 0 saturated heterocycles. The molecule has 3 rings (SSSR count). The molecule has 0 N–H and O–H groups in total. The summed E-state index contributed by atoms with van der Waals surface area (Å²) in [6.07, 6.45) is 4.58. The fourth-order valence-corrected chi connectivity index (χ4v) is 2.83. The summed E-state index contributed by atoms with van der Waals surface area (Å²) < 4.78 is 8.51. The van der Waals surface area contributed by atoms with Crippen LogP contribution in [0, 0.1) is 13.8 Å². The highest BCUT2D eigenvalue weighted by Crippen LogP contribution is 2.26. The van der Waals surface area contributed by atoms with Gasteiger partial charge in [-0.3, -0.25) is 4.68 Å². The van der Waals surface area contributed by atoms with Crippen LogP contribution in [0.5, 0.6) is 0 Å². The molecule has 0 amide bonds. The monoisotopic (exact) mass is 309 g/mol. The Morgan fingerprint density at radius 2 is 2.06 bits per heavy atom. The minimum atomic E-state index is 0.705. The summed E-state index contributed by atoms with van der Waals surface area (Å²) >= 11 is 3.55. The summed E-state index contributed by atoms with van der Waals surface area (Å²) in [5.74, 6) is 1.08. The van der Waals surface area contributed by atoms with Crippen LogP contribution < -0.4 is 0 Å². The first-order chi connectivity index (χ1) is 8.66. The van der Waals surface area contributed by atoms with E-state index in [1.54, 1.807) is 0 Å². The predicted octanol–water partition coefficient (Wildman–Crippen LogP) is 3.18. The molecule has 0 aromatic carbocycles. The van der Waals surface area contributed by atoms with Crippen molar-refractivity contribution in [3.8, 4) is 0 Å². The van der Waals surface area contributed by atoms with Crippen molar-refractivity contribution in [1.29, 1.82) is 0 Å². The number of nitrogens with zero attached hydrogens (tertiary/aromatic N) is 3. The van der Waals surface area contributed by atoms with Crippen LogP contribution in [-0.2, 0) is 19.4 Å². The smallest absolute Gasteiger partial charge is 0.140 e. The van der Waals surface area contributed by atoms with E-state index in [2.05, 4.69) is 33.1 Å². The normalized spacial score (nSPS) is 14.8. The van der Waals surface area contributed by atoms with Crippen molar-refractivity contribution >= 4 is 15.9 Å². The molecule has 2 heterocycles. The molecular weight excluding hydrogens is 294 g/mol. The zero-order valence-corrected chi connectivity index (χ0v) is 12.2. The van der Waals surface area contributed by atoms with Crippen LogP contribution in [0.4, 0.5) is 0 Å². The first-order valence-corrected chi connectivity index (χ1v) is 7.12. The van der Waals surface area contributed by atoms with Gasteiger partial charge in [0.25, 0.3) is 0 Å². The third kappa shape index (κ3) is 1.90. The number of hydrogen-bond acceptors (Lipinski definition) is 3. The van der Waals surface area contributed by atoms with Crippen molar-refractivity contribution < 1.29 is 4.52 Å². The highest BCUT2D eigenvalue weighted by Gasteiger charge is 2.20. The topological polar surface area (TPSA) is 43.9 Å². The molecule has 2 aromatic rings. The van der Waals surface area contributed by atoms with Crippen molar-refractivity contribution in [3.05, 3.63) is 32.9 Å². The maximum atomic E-state index is 5.43. The Kier molecular flexibility index (Phi) is 3.01. The van der Waals surface area contributed by atoms with E-state index >= 15 is 0 Å². The van der Waals surface area contributed by atoms with Gasteiger partial charge in [-0.25, -0.2) is 0 Å². The molecule has 0 spiro atoms. The molecule has 2 aromatic heterocycles. The molecule has 1 aliphatic carbocycles. The molecule has 0 fully saturated rings. The second kappa shape index (κ2) is 4.53. The Labute approximate surface area is 114 Å². The summed E-state index contributed by atoms with van der Waals surface area (Å²) in [4.78, 5) is 0. The van der Waals surface area contributed by atoms with E-state index in [4.69, 9.17) is 4.52 Å². The van der Waals surface area contributed by atoms with E-state index < -0.39 is 0 Å². The van der Waals surface area contributed by atoms with Gasteiger partial charge in [-0.05, 0) is 49.0 Å². The number of rotatable bonds is 2. The Bertz CT molecular complexity index is 585. The summed E-state index contributed by atoms with van der Waals surface area (Å²) in [6, 6.07) is 0. The molecule has 0 atom stereocenters. The fourth-order valence-electron chi connectivity index (χ4n) is 2.54. The summed E-state index contributed by atoms with van der Waals surface area (Å²) in [5.41, 5.74) is 4.51. The summed E-state index contributed by atoms with van der Waals surface area (Å²) in [5, 5.41) is 8.74. The van der Waals surface area contributed by atoms with Gasteiger partial charge in [0.2, 0.25) is 0 Å². The molecule has 5 heteroatoms. The van der Waals surface area contributed by atoms with Gasteiger partial charge in [-0.2, -0.15) is 5.10 Å². The van der Waals surface area contributed by atoms with Crippen molar-refractivity contribution in [1.82, 2.24) is 14.9 Å². The van der Waals surface area contributed by atoms with Gasteiger partial charge < -0.3 is 4.52 Å². The van der Waals surface area contributed by atoms with Gasteiger partial charge in [-0.15, -0.1) is 0 Å². The molecule has 96 valence electrons. The number of aryl methyl sites for hydroxylation is 2. The molecule has 0 radical (unpaired) electrons. The van der Waals surface area contributed by atoms with E-state index in [9.17, 15) is 0 Å². The molecule has 0 aliphatic heterocycles. The first kappa shape index (κ1) is 12.0. The maximum Gasteiger partial charge on any atom is 0.140 e. The van der Waals surface area contributed by atoms with Gasteiger partial charge in [0, 0.05) is 12.0 Å². The lowest BCUT2D eigenvalue weighted by molar-refractivity contribution is 0.366. The van der Waals surface area contributed by atoms with E-state index in [0.717, 1.165) is 40.2 Å². The zero-order chi connectivity index (χ0) is 12.7. The Balaban J connectivity index is 1.92. The number of halogens is 1. The summed E-state index contributed by atoms with van der Waals surface area (Å²) in [7, 11) is 0. The molecule has 0 unspecified atom stereocenters. The van der Waals surface area contributed by atoms with Gasteiger partial charge in [0.1, 0.15) is 11.5 Å². The van der Waals surface area contributed by atoms with Crippen LogP contribution in [0.1, 0.15) is 41.2 Å². The van der Waals surface area contributed by atoms with Crippen molar-refractivity contribution in [2.24, 2.45) is 0 Å². The van der Waals surface area contributed by atoms with E-state index in [-0.39, 0.29) is 0 Å². The Morgan fingerprint density at radius 3 is 2.78 bits per heavy atom. The average Bonchev–Trinajstić information content (AvgIpc) is 2.89. The molecular formula is C13H16BrN3O. The highest BCUT2D eigenvalue weighted by atomic mass is 79.9. The molecule has 18 heavy (non-hydrogen) atoms. The fraction of sp³-hybridized carbons (Fsp3) is 0.538. The van der Waals surface area contributed by atoms with Gasteiger partial charge in [0.15, 0.2) is 0 Å². The second-order valence-electron chi connectivity index (χ2n) is 4.88. The predicted molar refractivity (Wildman–Crippen MR) is 71.6 cm³/mol. The van der Waals surface area contributed by atoms with Crippen LogP contribution >= 0.6 is 15.9 Å². The minimum absolute atomic E-state index is 0.705. The lowest BCUT2D eigenvalue weighted by Crippen LogP contribution is -2.08. The van der Waals surface area contributed by atoms with Gasteiger partial charge >= 0.3 is 0 Å². The highest BCUT2D eigenvalue weighted by molar-refractivity contribution is 9.10. The quantitative estimate of drug-likeness (QED) is 0.856. The third-order valence-electron chi connectivity index (χ3n) is 3.62. The van der Waals surface area contributed by atoms with E-state index in [0.29, 0.717) is 6.54 Å². The van der Waals surface area contributed by atoms with Crippen molar-refractivity contribution in [2.45, 2.75) is 46.1 Å². The van der Waals surface area contributed by atoms with Crippen LogP contribution in [0.2, 0.25) is 0 Å². The zero-order valence-electron chi connectivity index (χ0n) is 10.7. The number of hydrogen-bond donors (Lipinski definition) is 0. The first-order valence-electron chi connectivity index (χ1n) is 6.32. The largest absolute Gasteiger partial charge is 0.361 e. The van der Waals surface area contributed by atoms with E-state index in [1.165, 1.54) is 18.4 Å². The third-order valence-corrected chi connectivity index (χ3v) is 4.77. The van der Waals surface area contributed by atoms with Crippen LogP contribution in [0.3, 0.4) is 0 Å². The Hall–Kier alpha value is -1.10. The molecule has 0 saturated carbocycles.